The van der Waals surface area contributed by atoms with Gasteiger partial charge in [0.15, 0.2) is 0 Å². The van der Waals surface area contributed by atoms with E-state index in [1.165, 1.54) is 51.4 Å². The Bertz CT molecular complexity index is 113. The average Bonchev–Trinajstić information content (AvgIpc) is 2.28. The zero-order valence-corrected chi connectivity index (χ0v) is 11.2. The fourth-order valence-electron chi connectivity index (χ4n) is 2.12. The van der Waals surface area contributed by atoms with Crippen LogP contribution in [0, 0.1) is 18.8 Å². The highest BCUT2D eigenvalue weighted by atomic mass is 14.1. The van der Waals surface area contributed by atoms with Gasteiger partial charge < -0.3 is 0 Å². The molecule has 0 aromatic carbocycles. The van der Waals surface area contributed by atoms with Crippen LogP contribution in [0.5, 0.6) is 0 Å². The van der Waals surface area contributed by atoms with Crippen molar-refractivity contribution in [3.8, 4) is 0 Å². The summed E-state index contributed by atoms with van der Waals surface area (Å²) in [7, 11) is 0. The molecular weight excluding hydrogens is 180 g/mol. The third-order valence-corrected chi connectivity index (χ3v) is 3.71. The van der Waals surface area contributed by atoms with E-state index in [2.05, 4.69) is 27.7 Å². The predicted octanol–water partition coefficient (Wildman–Crippen LogP) is 5.62. The van der Waals surface area contributed by atoms with E-state index in [0.717, 1.165) is 18.3 Å². The molecule has 0 aliphatic rings. The van der Waals surface area contributed by atoms with Gasteiger partial charge in [0.2, 0.25) is 0 Å². The summed E-state index contributed by atoms with van der Waals surface area (Å²) in [6.45, 7) is 10.9. The maximum atomic E-state index is 3.95. The Balaban J connectivity index is 3.17. The summed E-state index contributed by atoms with van der Waals surface area (Å²) in [5.41, 5.74) is 0. The Morgan fingerprint density at radius 1 is 0.867 bits per heavy atom. The average molecular weight is 211 g/mol. The van der Waals surface area contributed by atoms with Crippen molar-refractivity contribution in [3.05, 3.63) is 6.92 Å². The third kappa shape index (κ3) is 8.96. The lowest BCUT2D eigenvalue weighted by Crippen LogP contribution is -1.96. The van der Waals surface area contributed by atoms with Crippen LogP contribution in [0.15, 0.2) is 0 Å². The molecule has 0 saturated carbocycles. The molecule has 1 unspecified atom stereocenters. The smallest absolute Gasteiger partial charge is 0.0420 e. The highest BCUT2D eigenvalue weighted by Crippen LogP contribution is 2.18. The van der Waals surface area contributed by atoms with E-state index in [1.807, 2.05) is 0 Å². The summed E-state index contributed by atoms with van der Waals surface area (Å²) in [4.78, 5) is 0. The van der Waals surface area contributed by atoms with E-state index < -0.39 is 0 Å². The van der Waals surface area contributed by atoms with Gasteiger partial charge in [0.25, 0.3) is 0 Å². The van der Waals surface area contributed by atoms with Crippen LogP contribution >= 0.6 is 0 Å². The molecule has 0 spiro atoms. The van der Waals surface area contributed by atoms with Crippen LogP contribution in [0.25, 0.3) is 0 Å². The fourth-order valence-corrected chi connectivity index (χ4v) is 2.12. The van der Waals surface area contributed by atoms with Crippen molar-refractivity contribution in [1.82, 2.24) is 0 Å². The van der Waals surface area contributed by atoms with E-state index in [9.17, 15) is 0 Å². The molecular formula is C15H31. The zero-order chi connectivity index (χ0) is 11.5. The second kappa shape index (κ2) is 10.5. The quantitative estimate of drug-likeness (QED) is 0.411. The van der Waals surface area contributed by atoms with E-state index in [0.29, 0.717) is 0 Å². The third-order valence-electron chi connectivity index (χ3n) is 3.71. The van der Waals surface area contributed by atoms with Gasteiger partial charge in [-0.15, -0.1) is 0 Å². The Morgan fingerprint density at radius 3 is 1.87 bits per heavy atom. The van der Waals surface area contributed by atoms with Gasteiger partial charge in [0.05, 0.1) is 0 Å². The van der Waals surface area contributed by atoms with Gasteiger partial charge in [0, 0.05) is 0 Å². The minimum atomic E-state index is 0.837. The molecule has 0 aromatic heterocycles. The van der Waals surface area contributed by atoms with E-state index in [4.69, 9.17) is 0 Å². The first-order valence-corrected chi connectivity index (χ1v) is 7.03. The minimum absolute atomic E-state index is 0.837. The highest BCUT2D eigenvalue weighted by molar-refractivity contribution is 4.57. The van der Waals surface area contributed by atoms with Crippen LogP contribution in [-0.4, -0.2) is 0 Å². The summed E-state index contributed by atoms with van der Waals surface area (Å²) in [5, 5.41) is 0. The van der Waals surface area contributed by atoms with Gasteiger partial charge in [-0.2, -0.15) is 0 Å². The number of hydrogen-bond acceptors (Lipinski definition) is 0. The van der Waals surface area contributed by atoms with Gasteiger partial charge in [-0.1, -0.05) is 85.5 Å². The van der Waals surface area contributed by atoms with Crippen LogP contribution < -0.4 is 0 Å². The Kier molecular flexibility index (Phi) is 10.5. The Hall–Kier alpha value is 0. The van der Waals surface area contributed by atoms with Gasteiger partial charge in [-0.25, -0.2) is 0 Å². The lowest BCUT2D eigenvalue weighted by atomic mass is 9.95. The second-order valence-electron chi connectivity index (χ2n) is 5.07. The molecule has 91 valence electrons. The molecule has 0 nitrogen and oxygen atoms in total. The number of unbranched alkanes of at least 4 members (excludes halogenated alkanes) is 3. The van der Waals surface area contributed by atoms with Crippen molar-refractivity contribution in [3.63, 3.8) is 0 Å². The molecule has 0 heterocycles. The van der Waals surface area contributed by atoms with Crippen LogP contribution in [0.3, 0.4) is 0 Å². The van der Waals surface area contributed by atoms with Crippen molar-refractivity contribution in [2.24, 2.45) is 11.8 Å². The lowest BCUT2D eigenvalue weighted by molar-refractivity contribution is 0.420. The topological polar surface area (TPSA) is 0 Å². The molecule has 0 amide bonds. The molecule has 0 bridgehead atoms. The van der Waals surface area contributed by atoms with Crippen molar-refractivity contribution in [1.29, 1.82) is 0 Å². The predicted molar refractivity (Wildman–Crippen MR) is 70.9 cm³/mol. The SMILES string of the molecule is [CH2]CC(C)CCCCCCC(CC)CC. The van der Waals surface area contributed by atoms with E-state index in [-0.39, 0.29) is 0 Å². The van der Waals surface area contributed by atoms with Crippen LogP contribution in [0.4, 0.5) is 0 Å². The molecule has 0 N–H and O–H groups in total. The zero-order valence-electron chi connectivity index (χ0n) is 11.2. The van der Waals surface area contributed by atoms with Gasteiger partial charge >= 0.3 is 0 Å². The maximum absolute atomic E-state index is 3.95. The molecule has 0 rings (SSSR count). The summed E-state index contributed by atoms with van der Waals surface area (Å²) in [6, 6.07) is 0. The van der Waals surface area contributed by atoms with Crippen molar-refractivity contribution in [2.45, 2.75) is 78.6 Å². The first-order valence-electron chi connectivity index (χ1n) is 7.03. The second-order valence-corrected chi connectivity index (χ2v) is 5.07. The van der Waals surface area contributed by atoms with Crippen molar-refractivity contribution in [2.75, 3.05) is 0 Å². The summed E-state index contributed by atoms with van der Waals surface area (Å²) >= 11 is 0. The summed E-state index contributed by atoms with van der Waals surface area (Å²) in [5.74, 6) is 1.83. The normalized spacial score (nSPS) is 13.4. The van der Waals surface area contributed by atoms with Crippen LogP contribution in [0.1, 0.15) is 78.6 Å². The first-order chi connectivity index (χ1) is 7.24. The summed E-state index contributed by atoms with van der Waals surface area (Å²) in [6.07, 6.45) is 12.4. The molecule has 0 aliphatic heterocycles. The van der Waals surface area contributed by atoms with Gasteiger partial charge in [-0.3, -0.25) is 0 Å². The van der Waals surface area contributed by atoms with Gasteiger partial charge in [0.1, 0.15) is 0 Å². The molecule has 0 saturated heterocycles. The molecule has 0 heteroatoms. The summed E-state index contributed by atoms with van der Waals surface area (Å²) < 4.78 is 0. The van der Waals surface area contributed by atoms with Crippen LogP contribution in [0.2, 0.25) is 0 Å². The molecule has 0 aliphatic carbocycles. The Labute approximate surface area is 97.8 Å². The molecule has 1 radical (unpaired) electrons. The van der Waals surface area contributed by atoms with Crippen LogP contribution in [-0.2, 0) is 0 Å². The fraction of sp³-hybridized carbons (Fsp3) is 0.933. The molecule has 15 heavy (non-hydrogen) atoms. The number of hydrogen-bond donors (Lipinski definition) is 0. The number of rotatable bonds is 10. The van der Waals surface area contributed by atoms with Crippen molar-refractivity contribution < 1.29 is 0 Å². The lowest BCUT2D eigenvalue weighted by Gasteiger charge is -2.11. The highest BCUT2D eigenvalue weighted by Gasteiger charge is 2.03. The van der Waals surface area contributed by atoms with Crippen molar-refractivity contribution >= 4 is 0 Å². The first kappa shape index (κ1) is 15.0. The van der Waals surface area contributed by atoms with E-state index in [1.54, 1.807) is 0 Å². The molecule has 0 fully saturated rings. The van der Waals surface area contributed by atoms with Gasteiger partial charge in [-0.05, 0) is 11.8 Å². The van der Waals surface area contributed by atoms with E-state index >= 15 is 0 Å². The standard InChI is InChI=1S/C15H31/c1-5-14(4)12-10-8-9-11-13-15(6-2)7-3/h14-15H,1,5-13H2,2-4H3. The molecule has 1 atom stereocenters. The Morgan fingerprint density at radius 2 is 1.40 bits per heavy atom. The maximum Gasteiger partial charge on any atom is -0.0420 e. The largest absolute Gasteiger partial charge is 0.0651 e. The minimum Gasteiger partial charge on any atom is -0.0651 e. The molecule has 0 aromatic rings. The monoisotopic (exact) mass is 211 g/mol.